The van der Waals surface area contributed by atoms with Crippen LogP contribution in [0.3, 0.4) is 0 Å². The van der Waals surface area contributed by atoms with Crippen molar-refractivity contribution in [2.45, 2.75) is 4.90 Å². The standard InChI is InChI=1S/C14H9F2N3O2S/c15-10-3-2-9(6-11(10)16)19-14(20)8-1-4-12-13(5-8)22(21)18-7-17-12/h1-7H,(H,17,18)(H,19,20). The van der Waals surface area contributed by atoms with Crippen molar-refractivity contribution in [3.63, 3.8) is 0 Å². The maximum absolute atomic E-state index is 13.1. The number of nitrogens with one attached hydrogen (secondary N) is 2. The highest BCUT2D eigenvalue weighted by Gasteiger charge is 2.16. The van der Waals surface area contributed by atoms with Gasteiger partial charge in [-0.3, -0.25) is 4.79 Å². The molecule has 0 radical (unpaired) electrons. The average molecular weight is 321 g/mol. The summed E-state index contributed by atoms with van der Waals surface area (Å²) in [5.74, 6) is -2.57. The first-order chi connectivity index (χ1) is 10.5. The first-order valence-electron chi connectivity index (χ1n) is 6.16. The second-order valence-electron chi connectivity index (χ2n) is 4.42. The van der Waals surface area contributed by atoms with E-state index in [2.05, 4.69) is 15.0 Å². The second kappa shape index (κ2) is 5.64. The number of nitrogens with zero attached hydrogens (tertiary/aromatic N) is 1. The summed E-state index contributed by atoms with van der Waals surface area (Å²) >= 11 is 0. The molecule has 2 aromatic rings. The highest BCUT2D eigenvalue weighted by molar-refractivity contribution is 7.84. The largest absolute Gasteiger partial charge is 0.345 e. The number of carbonyl (C=O) groups is 1. The number of benzene rings is 2. The number of hydrogen-bond acceptors (Lipinski definition) is 3. The number of rotatable bonds is 2. The molecule has 0 aliphatic carbocycles. The first kappa shape index (κ1) is 14.3. The Bertz CT molecular complexity index is 824. The van der Waals surface area contributed by atoms with Crippen LogP contribution in [0.5, 0.6) is 0 Å². The van der Waals surface area contributed by atoms with Crippen molar-refractivity contribution in [2.24, 2.45) is 4.40 Å². The summed E-state index contributed by atoms with van der Waals surface area (Å²) in [5.41, 5.74) is 0.951. The summed E-state index contributed by atoms with van der Waals surface area (Å²) in [6.45, 7) is 0. The van der Waals surface area contributed by atoms with Gasteiger partial charge < -0.3 is 10.6 Å². The van der Waals surface area contributed by atoms with Crippen molar-refractivity contribution < 1.29 is 17.8 Å². The lowest BCUT2D eigenvalue weighted by atomic mass is 10.2. The zero-order valence-corrected chi connectivity index (χ0v) is 11.8. The zero-order valence-electron chi connectivity index (χ0n) is 11.0. The summed E-state index contributed by atoms with van der Waals surface area (Å²) < 4.78 is 41.4. The fourth-order valence-electron chi connectivity index (χ4n) is 1.90. The molecule has 1 unspecified atom stereocenters. The van der Waals surface area contributed by atoms with Crippen LogP contribution in [0.2, 0.25) is 0 Å². The Morgan fingerprint density at radius 2 is 1.95 bits per heavy atom. The Hall–Kier alpha value is -2.61. The lowest BCUT2D eigenvalue weighted by Gasteiger charge is -2.12. The Morgan fingerprint density at radius 1 is 1.14 bits per heavy atom. The van der Waals surface area contributed by atoms with Crippen molar-refractivity contribution >= 4 is 34.6 Å². The smallest absolute Gasteiger partial charge is 0.255 e. The highest BCUT2D eigenvalue weighted by Crippen LogP contribution is 2.24. The molecule has 1 amide bonds. The van der Waals surface area contributed by atoms with E-state index in [4.69, 9.17) is 0 Å². The van der Waals surface area contributed by atoms with Gasteiger partial charge in [-0.1, -0.05) is 0 Å². The van der Waals surface area contributed by atoms with Gasteiger partial charge in [0.15, 0.2) is 22.6 Å². The van der Waals surface area contributed by atoms with Gasteiger partial charge in [0.2, 0.25) is 0 Å². The van der Waals surface area contributed by atoms with Crippen LogP contribution >= 0.6 is 0 Å². The molecule has 0 saturated carbocycles. The lowest BCUT2D eigenvalue weighted by Crippen LogP contribution is -2.14. The fourth-order valence-corrected chi connectivity index (χ4v) is 2.71. The molecule has 0 saturated heterocycles. The maximum atomic E-state index is 13.1. The quantitative estimate of drug-likeness (QED) is 0.893. The molecular formula is C14H9F2N3O2S. The van der Waals surface area contributed by atoms with Crippen LogP contribution in [0.4, 0.5) is 20.2 Å². The van der Waals surface area contributed by atoms with Gasteiger partial charge in [-0.05, 0) is 30.3 Å². The van der Waals surface area contributed by atoms with Gasteiger partial charge in [0, 0.05) is 17.3 Å². The fraction of sp³-hybridized carbons (Fsp3) is 0. The molecule has 1 aliphatic heterocycles. The molecule has 0 bridgehead atoms. The summed E-state index contributed by atoms with van der Waals surface area (Å²) in [5, 5.41) is 5.26. The molecule has 2 aromatic carbocycles. The predicted octanol–water partition coefficient (Wildman–Crippen LogP) is 2.69. The number of anilines is 2. The summed E-state index contributed by atoms with van der Waals surface area (Å²) in [6.07, 6.45) is 1.32. The summed E-state index contributed by atoms with van der Waals surface area (Å²) in [4.78, 5) is 12.5. The molecule has 112 valence electrons. The van der Waals surface area contributed by atoms with Crippen molar-refractivity contribution in [3.05, 3.63) is 53.6 Å². The summed E-state index contributed by atoms with van der Waals surface area (Å²) in [7, 11) is -1.58. The van der Waals surface area contributed by atoms with Crippen LogP contribution in [0.25, 0.3) is 0 Å². The third kappa shape index (κ3) is 2.73. The van der Waals surface area contributed by atoms with E-state index in [1.807, 2.05) is 0 Å². The monoisotopic (exact) mass is 321 g/mol. The van der Waals surface area contributed by atoms with E-state index >= 15 is 0 Å². The highest BCUT2D eigenvalue weighted by atomic mass is 32.2. The molecule has 8 heteroatoms. The number of fused-ring (bicyclic) bond motifs is 1. The van der Waals surface area contributed by atoms with Gasteiger partial charge in [0.1, 0.15) is 6.34 Å². The molecule has 1 aliphatic rings. The van der Waals surface area contributed by atoms with Crippen LogP contribution in [-0.2, 0) is 11.0 Å². The van der Waals surface area contributed by atoms with E-state index in [1.54, 1.807) is 6.07 Å². The van der Waals surface area contributed by atoms with Crippen molar-refractivity contribution in [3.8, 4) is 0 Å². The van der Waals surface area contributed by atoms with E-state index in [-0.39, 0.29) is 11.3 Å². The van der Waals surface area contributed by atoms with Crippen LogP contribution < -0.4 is 10.6 Å². The van der Waals surface area contributed by atoms with Crippen molar-refractivity contribution in [2.75, 3.05) is 10.6 Å². The first-order valence-corrected chi connectivity index (χ1v) is 7.27. The van der Waals surface area contributed by atoms with Gasteiger partial charge in [0.05, 0.1) is 10.6 Å². The third-order valence-corrected chi connectivity index (χ3v) is 3.99. The molecule has 2 N–H and O–H groups in total. The maximum Gasteiger partial charge on any atom is 0.255 e. The van der Waals surface area contributed by atoms with Crippen molar-refractivity contribution in [1.82, 2.24) is 0 Å². The number of carbonyl (C=O) groups excluding carboxylic acids is 1. The minimum Gasteiger partial charge on any atom is -0.345 e. The molecular weight excluding hydrogens is 312 g/mol. The molecule has 0 fully saturated rings. The minimum atomic E-state index is -1.58. The second-order valence-corrected chi connectivity index (χ2v) is 5.57. The summed E-state index contributed by atoms with van der Waals surface area (Å²) in [6, 6.07) is 7.61. The van der Waals surface area contributed by atoms with E-state index in [9.17, 15) is 17.8 Å². The van der Waals surface area contributed by atoms with Gasteiger partial charge in [-0.25, -0.2) is 13.0 Å². The van der Waals surface area contributed by atoms with Crippen LogP contribution in [0, 0.1) is 11.6 Å². The molecule has 1 heterocycles. The Kier molecular flexibility index (Phi) is 3.68. The Balaban J connectivity index is 1.85. The molecule has 0 aromatic heterocycles. The minimum absolute atomic E-state index is 0.124. The SMILES string of the molecule is O=C(Nc1ccc(F)c(F)c1)c1ccc2c(c1)S(=O)N=CN2. The molecule has 0 spiro atoms. The van der Waals surface area contributed by atoms with Crippen LogP contribution in [0.15, 0.2) is 45.7 Å². The van der Waals surface area contributed by atoms with Crippen molar-refractivity contribution in [1.29, 1.82) is 0 Å². The number of hydrogen-bond donors (Lipinski definition) is 2. The zero-order chi connectivity index (χ0) is 15.7. The molecule has 3 rings (SSSR count). The molecule has 22 heavy (non-hydrogen) atoms. The Morgan fingerprint density at radius 3 is 2.73 bits per heavy atom. The number of halogens is 2. The van der Waals surface area contributed by atoms with Gasteiger partial charge >= 0.3 is 0 Å². The van der Waals surface area contributed by atoms with Gasteiger partial charge in [-0.15, -0.1) is 0 Å². The van der Waals surface area contributed by atoms with E-state index in [1.165, 1.54) is 24.5 Å². The van der Waals surface area contributed by atoms with Gasteiger partial charge in [0.25, 0.3) is 5.91 Å². The van der Waals surface area contributed by atoms with Crippen LogP contribution in [0.1, 0.15) is 10.4 Å². The van der Waals surface area contributed by atoms with E-state index in [0.29, 0.717) is 10.6 Å². The van der Waals surface area contributed by atoms with E-state index < -0.39 is 28.5 Å². The predicted molar refractivity (Wildman–Crippen MR) is 79.3 cm³/mol. The number of amides is 1. The Labute approximate surface area is 126 Å². The van der Waals surface area contributed by atoms with Gasteiger partial charge in [-0.2, -0.15) is 4.40 Å². The lowest BCUT2D eigenvalue weighted by molar-refractivity contribution is 0.102. The molecule has 1 atom stereocenters. The van der Waals surface area contributed by atoms with Crippen LogP contribution in [-0.4, -0.2) is 16.5 Å². The topological polar surface area (TPSA) is 70.6 Å². The van der Waals surface area contributed by atoms with E-state index in [0.717, 1.165) is 12.1 Å². The average Bonchev–Trinajstić information content (AvgIpc) is 2.51. The third-order valence-electron chi connectivity index (χ3n) is 2.98. The normalized spacial score (nSPS) is 15.8. The molecule has 5 nitrogen and oxygen atoms in total.